The molecule has 10 nitrogen and oxygen atoms in total. The number of hydrogen-bond donors (Lipinski definition) is 6. The maximum atomic E-state index is 10.6. The minimum absolute atomic E-state index is 0.101. The number of aromatic hydroxyl groups is 1. The fourth-order valence-corrected chi connectivity index (χ4v) is 1.72. The van der Waals surface area contributed by atoms with Crippen LogP contribution in [0.1, 0.15) is 25.8 Å². The van der Waals surface area contributed by atoms with Gasteiger partial charge in [-0.25, -0.2) is 9.59 Å². The second-order valence-electron chi connectivity index (χ2n) is 5.66. The highest BCUT2D eigenvalue weighted by atomic mass is 16.4. The third-order valence-electron chi connectivity index (χ3n) is 2.90. The van der Waals surface area contributed by atoms with Crippen molar-refractivity contribution in [2.24, 2.45) is 16.6 Å². The Morgan fingerprint density at radius 1 is 1.15 bits per heavy atom. The fraction of sp³-hybridized carbons (Fsp3) is 0.438. The lowest BCUT2D eigenvalue weighted by Gasteiger charge is -2.07. The summed E-state index contributed by atoms with van der Waals surface area (Å²) < 4.78 is 0. The summed E-state index contributed by atoms with van der Waals surface area (Å²) >= 11 is 0. The summed E-state index contributed by atoms with van der Waals surface area (Å²) in [6.07, 6.45) is 1.88. The second-order valence-corrected chi connectivity index (χ2v) is 5.66. The Bertz CT molecular complexity index is 601. The first kappa shape index (κ1) is 26.5. The number of aliphatic imine (C=N–C) groups is 1. The van der Waals surface area contributed by atoms with Crippen molar-refractivity contribution in [1.29, 1.82) is 0 Å². The van der Waals surface area contributed by atoms with Gasteiger partial charge in [-0.15, -0.1) is 0 Å². The molecule has 0 bridgehead atoms. The SMILES string of the molecule is CC(C)CC(N)C(=O)O.O=C=NC(Cc1ccc(O)cc1)C(=O)O.OBO. The molecular weight excluding hydrogens is 359 g/mol. The van der Waals surface area contributed by atoms with E-state index in [4.69, 9.17) is 31.1 Å². The third-order valence-corrected chi connectivity index (χ3v) is 2.90. The van der Waals surface area contributed by atoms with Gasteiger partial charge < -0.3 is 31.1 Å². The van der Waals surface area contributed by atoms with E-state index in [2.05, 4.69) is 4.99 Å². The summed E-state index contributed by atoms with van der Waals surface area (Å²) in [5.41, 5.74) is 5.90. The number of phenols is 1. The molecule has 0 radical (unpaired) electrons. The molecule has 0 heterocycles. The van der Waals surface area contributed by atoms with Gasteiger partial charge in [0, 0.05) is 6.42 Å². The number of carbonyl (C=O) groups is 2. The minimum atomic E-state index is -1.17. The third kappa shape index (κ3) is 15.3. The number of carboxylic acids is 2. The van der Waals surface area contributed by atoms with Gasteiger partial charge in [0.2, 0.25) is 6.08 Å². The molecule has 0 aromatic heterocycles. The number of aliphatic carboxylic acids is 2. The average molecular weight is 384 g/mol. The molecule has 27 heavy (non-hydrogen) atoms. The van der Waals surface area contributed by atoms with Gasteiger partial charge in [-0.3, -0.25) is 4.79 Å². The highest BCUT2D eigenvalue weighted by Gasteiger charge is 2.16. The van der Waals surface area contributed by atoms with Crippen molar-refractivity contribution >= 4 is 25.7 Å². The molecule has 0 aliphatic rings. The maximum Gasteiger partial charge on any atom is 0.432 e. The number of rotatable bonds is 7. The molecule has 150 valence electrons. The van der Waals surface area contributed by atoms with Crippen molar-refractivity contribution in [2.45, 2.75) is 38.8 Å². The number of nitrogens with zero attached hydrogens (tertiary/aromatic N) is 1. The van der Waals surface area contributed by atoms with E-state index >= 15 is 0 Å². The lowest BCUT2D eigenvalue weighted by molar-refractivity contribution is -0.139. The first-order valence-electron chi connectivity index (χ1n) is 7.86. The Labute approximate surface area is 157 Å². The Kier molecular flexibility index (Phi) is 15.3. The number of benzene rings is 1. The summed E-state index contributed by atoms with van der Waals surface area (Å²) in [4.78, 5) is 33.9. The standard InChI is InChI=1S/C10H9NO4.C6H13NO2.BH3O2/c12-6-11-9(10(14)15)5-7-1-3-8(13)4-2-7;1-4(2)3-5(7)6(8)9;2-1-3/h1-4,9,13H,5H2,(H,14,15);4-5H,3,7H2,1-2H3,(H,8,9);1-3H. The van der Waals surface area contributed by atoms with Gasteiger partial charge in [-0.05, 0) is 30.0 Å². The highest BCUT2D eigenvalue weighted by molar-refractivity contribution is 6.13. The lowest BCUT2D eigenvalue weighted by Crippen LogP contribution is -2.31. The second kappa shape index (κ2) is 15.5. The van der Waals surface area contributed by atoms with Gasteiger partial charge in [0.15, 0.2) is 6.04 Å². The monoisotopic (exact) mass is 384 g/mol. The van der Waals surface area contributed by atoms with Gasteiger partial charge in [0.05, 0.1) is 0 Å². The molecule has 7 N–H and O–H groups in total. The number of carbonyl (C=O) groups excluding carboxylic acids is 1. The molecule has 0 saturated heterocycles. The molecule has 0 spiro atoms. The van der Waals surface area contributed by atoms with Crippen LogP contribution in [0.2, 0.25) is 0 Å². The van der Waals surface area contributed by atoms with Crippen LogP contribution < -0.4 is 5.73 Å². The number of isocyanates is 1. The molecule has 0 aliphatic heterocycles. The molecule has 0 amide bonds. The van der Waals surface area contributed by atoms with Crippen LogP contribution in [-0.4, -0.2) is 63.2 Å². The van der Waals surface area contributed by atoms with Crippen LogP contribution in [0.3, 0.4) is 0 Å². The summed E-state index contributed by atoms with van der Waals surface area (Å²) in [7, 11) is -0.750. The average Bonchev–Trinajstić information content (AvgIpc) is 2.57. The predicted molar refractivity (Wildman–Crippen MR) is 98.0 cm³/mol. The molecule has 2 unspecified atom stereocenters. The fourth-order valence-electron chi connectivity index (χ4n) is 1.72. The van der Waals surface area contributed by atoms with Crippen LogP contribution in [0.5, 0.6) is 5.75 Å². The smallest absolute Gasteiger partial charge is 0.432 e. The largest absolute Gasteiger partial charge is 0.508 e. The van der Waals surface area contributed by atoms with Gasteiger partial charge in [-0.1, -0.05) is 26.0 Å². The van der Waals surface area contributed by atoms with E-state index in [0.29, 0.717) is 17.9 Å². The van der Waals surface area contributed by atoms with E-state index in [1.165, 1.54) is 18.2 Å². The van der Waals surface area contributed by atoms with Gasteiger partial charge in [0.25, 0.3) is 0 Å². The predicted octanol–water partition coefficient (Wildman–Crippen LogP) is -0.594. The molecule has 2 atom stereocenters. The van der Waals surface area contributed by atoms with E-state index in [1.54, 1.807) is 12.1 Å². The molecule has 0 aliphatic carbocycles. The summed E-state index contributed by atoms with van der Waals surface area (Å²) in [5, 5.41) is 40.3. The Balaban J connectivity index is 0. The first-order valence-corrected chi connectivity index (χ1v) is 7.86. The van der Waals surface area contributed by atoms with Crippen LogP contribution in [0.4, 0.5) is 0 Å². The Hall–Kier alpha value is -2.72. The van der Waals surface area contributed by atoms with E-state index in [9.17, 15) is 14.4 Å². The van der Waals surface area contributed by atoms with E-state index < -0.39 is 31.7 Å². The van der Waals surface area contributed by atoms with Crippen LogP contribution in [0.25, 0.3) is 0 Å². The number of nitrogens with two attached hydrogens (primary N) is 1. The van der Waals surface area contributed by atoms with Crippen LogP contribution in [0, 0.1) is 5.92 Å². The van der Waals surface area contributed by atoms with Crippen molar-refractivity contribution in [3.8, 4) is 5.75 Å². The lowest BCUT2D eigenvalue weighted by atomic mass is 10.1. The van der Waals surface area contributed by atoms with Crippen molar-refractivity contribution < 1.29 is 39.8 Å². The Morgan fingerprint density at radius 2 is 1.63 bits per heavy atom. The summed E-state index contributed by atoms with van der Waals surface area (Å²) in [6.45, 7) is 3.89. The molecule has 0 fully saturated rings. The molecule has 1 rings (SSSR count). The van der Waals surface area contributed by atoms with Gasteiger partial charge >= 0.3 is 19.6 Å². The molecular formula is C16H25BN2O8. The normalized spacial score (nSPS) is 11.5. The first-order chi connectivity index (χ1) is 12.6. The van der Waals surface area contributed by atoms with Crippen LogP contribution >= 0.6 is 0 Å². The zero-order valence-corrected chi connectivity index (χ0v) is 15.1. The van der Waals surface area contributed by atoms with Crippen molar-refractivity contribution in [1.82, 2.24) is 0 Å². The van der Waals surface area contributed by atoms with Gasteiger partial charge in [-0.2, -0.15) is 4.99 Å². The zero-order valence-electron chi connectivity index (χ0n) is 15.1. The Morgan fingerprint density at radius 3 is 1.93 bits per heavy atom. The highest BCUT2D eigenvalue weighted by Crippen LogP contribution is 2.12. The van der Waals surface area contributed by atoms with E-state index in [0.717, 1.165) is 0 Å². The summed E-state index contributed by atoms with van der Waals surface area (Å²) in [6, 6.07) is 4.23. The minimum Gasteiger partial charge on any atom is -0.508 e. The number of phenolic OH excluding ortho intramolecular Hbond substituents is 1. The molecule has 1 aromatic carbocycles. The number of carboxylic acid groups (broad SMARTS) is 2. The molecule has 11 heteroatoms. The quantitative estimate of drug-likeness (QED) is 0.202. The van der Waals surface area contributed by atoms with Crippen molar-refractivity contribution in [2.75, 3.05) is 0 Å². The number of hydrogen-bond acceptors (Lipinski definition) is 8. The van der Waals surface area contributed by atoms with Crippen molar-refractivity contribution in [3.63, 3.8) is 0 Å². The topological polar surface area (TPSA) is 191 Å². The van der Waals surface area contributed by atoms with Crippen LogP contribution in [-0.2, 0) is 20.8 Å². The molecule has 1 aromatic rings. The van der Waals surface area contributed by atoms with Crippen molar-refractivity contribution in [3.05, 3.63) is 29.8 Å². The maximum absolute atomic E-state index is 10.6. The van der Waals surface area contributed by atoms with Gasteiger partial charge in [0.1, 0.15) is 11.8 Å². The van der Waals surface area contributed by atoms with Crippen LogP contribution in [0.15, 0.2) is 29.3 Å². The zero-order chi connectivity index (χ0) is 21.4. The van der Waals surface area contributed by atoms with E-state index in [1.807, 2.05) is 13.8 Å². The molecule has 0 saturated carbocycles. The summed E-state index contributed by atoms with van der Waals surface area (Å²) in [5.74, 6) is -1.63. The van der Waals surface area contributed by atoms with E-state index in [-0.39, 0.29) is 12.2 Å².